The average molecular weight is 588 g/mol. The minimum absolute atomic E-state index is 0.0380. The molecule has 44 heavy (non-hydrogen) atoms. The first-order chi connectivity index (χ1) is 21.4. The summed E-state index contributed by atoms with van der Waals surface area (Å²) in [5, 5.41) is 16.3. The van der Waals surface area contributed by atoms with E-state index < -0.39 is 5.92 Å². The summed E-state index contributed by atoms with van der Waals surface area (Å²) >= 11 is 0. The highest BCUT2D eigenvalue weighted by Gasteiger charge is 2.30. The second-order valence-corrected chi connectivity index (χ2v) is 10.6. The molecule has 222 valence electrons. The zero-order chi connectivity index (χ0) is 30.8. The van der Waals surface area contributed by atoms with Gasteiger partial charge in [0.2, 0.25) is 0 Å². The number of aromatic amines is 1. The number of hydrogen-bond acceptors (Lipinski definition) is 5. The molecule has 1 atom stereocenters. The maximum atomic E-state index is 14.0. The molecule has 8 nitrogen and oxygen atoms in total. The minimum Gasteiger partial charge on any atom is -0.507 e. The van der Waals surface area contributed by atoms with E-state index in [1.807, 2.05) is 78.9 Å². The van der Waals surface area contributed by atoms with Crippen molar-refractivity contribution in [3.8, 4) is 17.2 Å². The van der Waals surface area contributed by atoms with E-state index in [1.165, 1.54) is 7.11 Å². The van der Waals surface area contributed by atoms with Crippen LogP contribution in [0.15, 0.2) is 102 Å². The molecule has 1 unspecified atom stereocenters. The zero-order valence-corrected chi connectivity index (χ0v) is 24.8. The molecule has 0 fully saturated rings. The zero-order valence-electron chi connectivity index (χ0n) is 24.8. The Hall–Kier alpha value is -5.50. The smallest absolute Gasteiger partial charge is 0.258 e. The van der Waals surface area contributed by atoms with E-state index in [0.29, 0.717) is 46.5 Å². The quantitative estimate of drug-likeness (QED) is 0.196. The first kappa shape index (κ1) is 28.6. The van der Waals surface area contributed by atoms with Crippen LogP contribution in [0.2, 0.25) is 0 Å². The van der Waals surface area contributed by atoms with E-state index in [2.05, 4.69) is 10.3 Å². The summed E-state index contributed by atoms with van der Waals surface area (Å²) in [6.07, 6.45) is 0.483. The molecule has 0 aliphatic rings. The van der Waals surface area contributed by atoms with E-state index >= 15 is 0 Å². The second kappa shape index (κ2) is 12.0. The van der Waals surface area contributed by atoms with E-state index in [1.54, 1.807) is 36.9 Å². The first-order valence-corrected chi connectivity index (χ1v) is 14.4. The summed E-state index contributed by atoms with van der Waals surface area (Å²) in [4.78, 5) is 30.7. The van der Waals surface area contributed by atoms with Crippen LogP contribution in [0, 0.1) is 0 Å². The Morgan fingerprint density at radius 1 is 0.886 bits per heavy atom. The lowest BCUT2D eigenvalue weighted by atomic mass is 9.85. The Balaban J connectivity index is 1.44. The van der Waals surface area contributed by atoms with Crippen molar-refractivity contribution in [2.24, 2.45) is 7.05 Å². The van der Waals surface area contributed by atoms with Gasteiger partial charge in [-0.2, -0.15) is 0 Å². The molecule has 2 heterocycles. The molecule has 1 amide bonds. The predicted octanol–water partition coefficient (Wildman–Crippen LogP) is 5.90. The van der Waals surface area contributed by atoms with Crippen molar-refractivity contribution in [2.75, 3.05) is 20.8 Å². The topological polar surface area (TPSA) is 106 Å². The van der Waals surface area contributed by atoms with Gasteiger partial charge in [-0.15, -0.1) is 0 Å². The number of aromatic hydroxyl groups is 1. The summed E-state index contributed by atoms with van der Waals surface area (Å²) < 4.78 is 12.2. The number of aryl methyl sites for hydroxylation is 1. The highest BCUT2D eigenvalue weighted by Crippen LogP contribution is 2.41. The van der Waals surface area contributed by atoms with Crippen LogP contribution in [-0.2, 0) is 13.5 Å². The van der Waals surface area contributed by atoms with Crippen molar-refractivity contribution in [3.63, 3.8) is 0 Å². The van der Waals surface area contributed by atoms with Gasteiger partial charge in [-0.05, 0) is 53.9 Å². The van der Waals surface area contributed by atoms with Crippen molar-refractivity contribution in [1.82, 2.24) is 14.9 Å². The number of benzene rings is 4. The third-order valence-electron chi connectivity index (χ3n) is 8.17. The molecule has 0 saturated carbocycles. The maximum Gasteiger partial charge on any atom is 0.258 e. The van der Waals surface area contributed by atoms with Crippen LogP contribution in [0.25, 0.3) is 21.8 Å². The second-order valence-electron chi connectivity index (χ2n) is 10.6. The minimum atomic E-state index is -0.594. The summed E-state index contributed by atoms with van der Waals surface area (Å²) in [5.74, 6) is 0.143. The Labute approximate surface area is 254 Å². The first-order valence-electron chi connectivity index (χ1n) is 14.4. The Bertz CT molecular complexity index is 2050. The van der Waals surface area contributed by atoms with Crippen LogP contribution in [0.5, 0.6) is 17.2 Å². The molecule has 0 spiro atoms. The monoisotopic (exact) mass is 587 g/mol. The van der Waals surface area contributed by atoms with Gasteiger partial charge < -0.3 is 29.4 Å². The molecular weight excluding hydrogens is 554 g/mol. The van der Waals surface area contributed by atoms with Crippen molar-refractivity contribution in [3.05, 3.63) is 135 Å². The molecule has 8 heteroatoms. The fraction of sp³-hybridized carbons (Fsp3) is 0.167. The number of carbonyl (C=O) groups excluding carboxylic acids is 1. The van der Waals surface area contributed by atoms with Crippen molar-refractivity contribution < 1.29 is 19.4 Å². The SMILES string of the molecule is COc1ccc(C(=O)NCCc2c(C(c3ccccc3)c3c(O)c4ccccc4n(C)c3=O)[nH]c3ccccc23)cc1OC. The number of para-hydroxylation sites is 2. The number of amides is 1. The van der Waals surface area contributed by atoms with Gasteiger partial charge in [-0.1, -0.05) is 60.7 Å². The number of hydrogen-bond donors (Lipinski definition) is 3. The number of nitrogens with one attached hydrogen (secondary N) is 2. The van der Waals surface area contributed by atoms with Gasteiger partial charge in [0.15, 0.2) is 11.5 Å². The molecule has 4 aromatic carbocycles. The van der Waals surface area contributed by atoms with E-state index in [0.717, 1.165) is 27.7 Å². The Morgan fingerprint density at radius 3 is 2.32 bits per heavy atom. The lowest BCUT2D eigenvalue weighted by molar-refractivity contribution is 0.0953. The Morgan fingerprint density at radius 2 is 1.57 bits per heavy atom. The number of fused-ring (bicyclic) bond motifs is 2. The van der Waals surface area contributed by atoms with Gasteiger partial charge in [0.05, 0.1) is 31.2 Å². The molecule has 0 saturated heterocycles. The molecule has 0 aliphatic carbocycles. The number of pyridine rings is 1. The molecule has 0 radical (unpaired) electrons. The highest BCUT2D eigenvalue weighted by molar-refractivity contribution is 5.95. The molecule has 0 aliphatic heterocycles. The predicted molar refractivity (Wildman–Crippen MR) is 172 cm³/mol. The summed E-state index contributed by atoms with van der Waals surface area (Å²) in [7, 11) is 4.81. The average Bonchev–Trinajstić information content (AvgIpc) is 3.43. The van der Waals surface area contributed by atoms with Gasteiger partial charge in [0, 0.05) is 41.1 Å². The normalized spacial score (nSPS) is 11.9. The van der Waals surface area contributed by atoms with Crippen LogP contribution in [-0.4, -0.2) is 41.3 Å². The number of methoxy groups -OCH3 is 2. The maximum absolute atomic E-state index is 14.0. The molecule has 3 N–H and O–H groups in total. The molecule has 0 bridgehead atoms. The Kier molecular flexibility index (Phi) is 7.81. The number of H-pyrrole nitrogens is 1. The van der Waals surface area contributed by atoms with Gasteiger partial charge in [-0.3, -0.25) is 9.59 Å². The molecular formula is C36H33N3O5. The number of aromatic nitrogens is 2. The highest BCUT2D eigenvalue weighted by atomic mass is 16.5. The van der Waals surface area contributed by atoms with Crippen LogP contribution < -0.4 is 20.3 Å². The standard InChI is InChI=1S/C36H33N3O5/c1-39-28-16-10-8-14-26(28)34(40)32(36(39)42)31(22-11-5-4-6-12-22)33-25(24-13-7-9-15-27(24)38-33)19-20-37-35(41)23-17-18-29(43-2)30(21-23)44-3/h4-18,21,31,38,40H,19-20H2,1-3H3,(H,37,41). The third-order valence-corrected chi connectivity index (χ3v) is 8.17. The summed E-state index contributed by atoms with van der Waals surface area (Å²) in [6, 6.07) is 30.0. The largest absolute Gasteiger partial charge is 0.507 e. The van der Waals surface area contributed by atoms with E-state index in [-0.39, 0.29) is 17.2 Å². The summed E-state index contributed by atoms with van der Waals surface area (Å²) in [5.41, 5.74) is 4.63. The van der Waals surface area contributed by atoms with Crippen LogP contribution >= 0.6 is 0 Å². The fourth-order valence-corrected chi connectivity index (χ4v) is 6.00. The lowest BCUT2D eigenvalue weighted by Crippen LogP contribution is -2.27. The van der Waals surface area contributed by atoms with Gasteiger partial charge in [-0.25, -0.2) is 0 Å². The van der Waals surface area contributed by atoms with Crippen LogP contribution in [0.1, 0.15) is 38.7 Å². The number of rotatable bonds is 9. The molecule has 2 aromatic heterocycles. The van der Waals surface area contributed by atoms with Crippen molar-refractivity contribution in [2.45, 2.75) is 12.3 Å². The molecule has 6 rings (SSSR count). The molecule has 6 aromatic rings. The van der Waals surface area contributed by atoms with Crippen molar-refractivity contribution >= 4 is 27.7 Å². The number of carbonyl (C=O) groups is 1. The number of nitrogens with zero attached hydrogens (tertiary/aromatic N) is 1. The van der Waals surface area contributed by atoms with E-state index in [9.17, 15) is 14.7 Å². The van der Waals surface area contributed by atoms with E-state index in [4.69, 9.17) is 9.47 Å². The van der Waals surface area contributed by atoms with Gasteiger partial charge in [0.1, 0.15) is 5.75 Å². The van der Waals surface area contributed by atoms with Crippen LogP contribution in [0.3, 0.4) is 0 Å². The third kappa shape index (κ3) is 5.04. The van der Waals surface area contributed by atoms with Crippen molar-refractivity contribution in [1.29, 1.82) is 0 Å². The van der Waals surface area contributed by atoms with Gasteiger partial charge in [0.25, 0.3) is 11.5 Å². The fourth-order valence-electron chi connectivity index (χ4n) is 6.00. The summed E-state index contributed by atoms with van der Waals surface area (Å²) in [6.45, 7) is 0.339. The van der Waals surface area contributed by atoms with Gasteiger partial charge >= 0.3 is 0 Å². The lowest BCUT2D eigenvalue weighted by Gasteiger charge is -2.22. The van der Waals surface area contributed by atoms with Crippen LogP contribution in [0.4, 0.5) is 0 Å². The number of ether oxygens (including phenoxy) is 2.